The molecule has 2 heterocycles. The number of carbonyl (C=O) groups is 1. The van der Waals surface area contributed by atoms with E-state index in [-0.39, 0.29) is 6.09 Å². The van der Waals surface area contributed by atoms with E-state index in [4.69, 9.17) is 14.2 Å². The normalized spacial score (nSPS) is 14.0. The van der Waals surface area contributed by atoms with E-state index in [0.717, 1.165) is 27.0 Å². The van der Waals surface area contributed by atoms with Gasteiger partial charge in [-0.15, -0.1) is 0 Å². The molecular weight excluding hydrogens is 352 g/mol. The van der Waals surface area contributed by atoms with Gasteiger partial charge >= 0.3 is 6.09 Å². The van der Waals surface area contributed by atoms with Gasteiger partial charge in [0.2, 0.25) is 0 Å². The molecule has 1 fully saturated rings. The molecule has 0 atom stereocenters. The Morgan fingerprint density at radius 2 is 2.08 bits per heavy atom. The molecule has 1 aliphatic heterocycles. The summed E-state index contributed by atoms with van der Waals surface area (Å²) in [6.07, 6.45) is -0.352. The van der Waals surface area contributed by atoms with Crippen LogP contribution in [0, 0.1) is 0 Å². The molecule has 0 aliphatic carbocycles. The number of methoxy groups -OCH3 is 1. The van der Waals surface area contributed by atoms with Gasteiger partial charge in [0.1, 0.15) is 19.0 Å². The standard InChI is InChI=1S/C19H18N2O4S/c1-23-12-14-9-15-17(26-20-18(15)21-7-8-24-19(21)22)10-16(14)25-11-13-5-3-2-4-6-13/h2-6,9-10H,7-8,11-12H2,1H3. The van der Waals surface area contributed by atoms with Crippen molar-refractivity contribution < 1.29 is 19.0 Å². The minimum atomic E-state index is -0.352. The summed E-state index contributed by atoms with van der Waals surface area (Å²) in [6.45, 7) is 1.80. The molecule has 0 N–H and O–H groups in total. The van der Waals surface area contributed by atoms with Crippen LogP contribution in [0.15, 0.2) is 42.5 Å². The fourth-order valence-electron chi connectivity index (χ4n) is 2.92. The highest BCUT2D eigenvalue weighted by Gasteiger charge is 2.27. The third-order valence-electron chi connectivity index (χ3n) is 4.19. The van der Waals surface area contributed by atoms with Crippen LogP contribution in [0.3, 0.4) is 0 Å². The van der Waals surface area contributed by atoms with Crippen molar-refractivity contribution in [3.05, 3.63) is 53.6 Å². The molecule has 0 radical (unpaired) electrons. The average Bonchev–Trinajstić information content (AvgIpc) is 3.26. The number of amides is 1. The summed E-state index contributed by atoms with van der Waals surface area (Å²) < 4.78 is 21.8. The topological polar surface area (TPSA) is 60.9 Å². The molecule has 0 saturated carbocycles. The molecule has 3 aromatic rings. The van der Waals surface area contributed by atoms with E-state index < -0.39 is 0 Å². The molecule has 1 amide bonds. The van der Waals surface area contributed by atoms with Crippen molar-refractivity contribution in [2.75, 3.05) is 25.2 Å². The zero-order chi connectivity index (χ0) is 17.9. The maximum absolute atomic E-state index is 11.9. The van der Waals surface area contributed by atoms with Crippen LogP contribution in [0.1, 0.15) is 11.1 Å². The first kappa shape index (κ1) is 16.8. The summed E-state index contributed by atoms with van der Waals surface area (Å²) in [7, 11) is 1.65. The highest BCUT2D eigenvalue weighted by atomic mass is 32.1. The van der Waals surface area contributed by atoms with E-state index in [2.05, 4.69) is 4.37 Å². The van der Waals surface area contributed by atoms with Crippen LogP contribution in [0.4, 0.5) is 10.6 Å². The Labute approximate surface area is 155 Å². The van der Waals surface area contributed by atoms with Crippen LogP contribution in [0.25, 0.3) is 10.1 Å². The number of rotatable bonds is 6. The van der Waals surface area contributed by atoms with E-state index in [0.29, 0.717) is 32.2 Å². The first-order valence-electron chi connectivity index (χ1n) is 8.28. The molecule has 6 nitrogen and oxygen atoms in total. The molecule has 0 unspecified atom stereocenters. The van der Waals surface area contributed by atoms with Gasteiger partial charge in [0, 0.05) is 24.1 Å². The second kappa shape index (κ2) is 7.31. The quantitative estimate of drug-likeness (QED) is 0.657. The van der Waals surface area contributed by atoms with Gasteiger partial charge in [-0.05, 0) is 23.2 Å². The lowest BCUT2D eigenvalue weighted by atomic mass is 10.1. The lowest BCUT2D eigenvalue weighted by molar-refractivity contribution is 0.179. The summed E-state index contributed by atoms with van der Waals surface area (Å²) in [4.78, 5) is 13.4. The number of hydrogen-bond donors (Lipinski definition) is 0. The van der Waals surface area contributed by atoms with E-state index in [1.807, 2.05) is 42.5 Å². The minimum Gasteiger partial charge on any atom is -0.488 e. The molecule has 2 aromatic carbocycles. The van der Waals surface area contributed by atoms with Crippen molar-refractivity contribution in [3.8, 4) is 5.75 Å². The van der Waals surface area contributed by atoms with Crippen LogP contribution >= 0.6 is 11.5 Å². The fraction of sp³-hybridized carbons (Fsp3) is 0.263. The number of hydrogen-bond acceptors (Lipinski definition) is 6. The molecule has 26 heavy (non-hydrogen) atoms. The number of benzene rings is 2. The van der Waals surface area contributed by atoms with Crippen molar-refractivity contribution in [1.82, 2.24) is 4.37 Å². The maximum atomic E-state index is 11.9. The minimum absolute atomic E-state index is 0.352. The van der Waals surface area contributed by atoms with Crippen molar-refractivity contribution in [2.45, 2.75) is 13.2 Å². The predicted molar refractivity (Wildman–Crippen MR) is 99.8 cm³/mol. The van der Waals surface area contributed by atoms with Gasteiger partial charge in [-0.3, -0.25) is 4.90 Å². The van der Waals surface area contributed by atoms with Gasteiger partial charge < -0.3 is 14.2 Å². The molecule has 134 valence electrons. The summed E-state index contributed by atoms with van der Waals surface area (Å²) in [5, 5.41) is 0.910. The lowest BCUT2D eigenvalue weighted by Gasteiger charge is -2.13. The van der Waals surface area contributed by atoms with Crippen molar-refractivity contribution >= 4 is 33.5 Å². The van der Waals surface area contributed by atoms with Crippen molar-refractivity contribution in [1.29, 1.82) is 0 Å². The van der Waals surface area contributed by atoms with Gasteiger partial charge in [0.25, 0.3) is 0 Å². The van der Waals surface area contributed by atoms with Crippen LogP contribution in [-0.2, 0) is 22.7 Å². The number of aromatic nitrogens is 1. The Bertz CT molecular complexity index is 926. The molecular formula is C19H18N2O4S. The number of fused-ring (bicyclic) bond motifs is 1. The van der Waals surface area contributed by atoms with Crippen molar-refractivity contribution in [2.24, 2.45) is 0 Å². The van der Waals surface area contributed by atoms with Gasteiger partial charge in [0.05, 0.1) is 17.9 Å². The lowest BCUT2D eigenvalue weighted by Crippen LogP contribution is -2.23. The highest BCUT2D eigenvalue weighted by molar-refractivity contribution is 7.13. The number of ether oxygens (including phenoxy) is 3. The van der Waals surface area contributed by atoms with E-state index in [1.54, 1.807) is 12.0 Å². The Morgan fingerprint density at radius 3 is 2.81 bits per heavy atom. The van der Waals surface area contributed by atoms with E-state index >= 15 is 0 Å². The molecule has 7 heteroatoms. The summed E-state index contributed by atoms with van der Waals surface area (Å²) in [5.41, 5.74) is 2.02. The molecule has 1 saturated heterocycles. The molecule has 0 spiro atoms. The van der Waals surface area contributed by atoms with Gasteiger partial charge in [-0.1, -0.05) is 30.3 Å². The van der Waals surface area contributed by atoms with E-state index in [9.17, 15) is 4.79 Å². The first-order chi connectivity index (χ1) is 12.8. The number of anilines is 1. The van der Waals surface area contributed by atoms with Gasteiger partial charge in [0.15, 0.2) is 5.82 Å². The van der Waals surface area contributed by atoms with Crippen LogP contribution in [0.5, 0.6) is 5.75 Å². The van der Waals surface area contributed by atoms with Gasteiger partial charge in [-0.2, -0.15) is 4.37 Å². The zero-order valence-corrected chi connectivity index (χ0v) is 15.1. The van der Waals surface area contributed by atoms with Crippen molar-refractivity contribution in [3.63, 3.8) is 0 Å². The second-order valence-electron chi connectivity index (χ2n) is 5.94. The maximum Gasteiger partial charge on any atom is 0.415 e. The molecule has 1 aromatic heterocycles. The smallest absolute Gasteiger partial charge is 0.415 e. The van der Waals surface area contributed by atoms with Crippen LogP contribution in [0.2, 0.25) is 0 Å². The Morgan fingerprint density at radius 1 is 1.23 bits per heavy atom. The van der Waals surface area contributed by atoms with Crippen LogP contribution < -0.4 is 9.64 Å². The third-order valence-corrected chi connectivity index (χ3v) is 4.99. The summed E-state index contributed by atoms with van der Waals surface area (Å²) >= 11 is 1.35. The average molecular weight is 370 g/mol. The molecule has 0 bridgehead atoms. The highest BCUT2D eigenvalue weighted by Crippen LogP contribution is 2.36. The predicted octanol–water partition coefficient (Wildman–Crippen LogP) is 3.98. The monoisotopic (exact) mass is 370 g/mol. The summed E-state index contributed by atoms with van der Waals surface area (Å²) in [5.74, 6) is 1.40. The van der Waals surface area contributed by atoms with Gasteiger partial charge in [-0.25, -0.2) is 4.79 Å². The fourth-order valence-corrected chi connectivity index (χ4v) is 3.71. The third kappa shape index (κ3) is 3.23. The zero-order valence-electron chi connectivity index (χ0n) is 14.3. The molecule has 4 rings (SSSR count). The Hall–Kier alpha value is -2.64. The Balaban J connectivity index is 1.67. The second-order valence-corrected chi connectivity index (χ2v) is 6.74. The number of carbonyl (C=O) groups excluding carboxylic acids is 1. The summed E-state index contributed by atoms with van der Waals surface area (Å²) in [6, 6.07) is 14.0. The van der Waals surface area contributed by atoms with Crippen LogP contribution in [-0.4, -0.2) is 30.7 Å². The van der Waals surface area contributed by atoms with E-state index in [1.165, 1.54) is 11.5 Å². The molecule has 1 aliphatic rings. The number of cyclic esters (lactones) is 1. The largest absolute Gasteiger partial charge is 0.488 e. The Kier molecular flexibility index (Phi) is 4.73. The first-order valence-corrected chi connectivity index (χ1v) is 9.06. The number of nitrogens with zero attached hydrogens (tertiary/aromatic N) is 2. The SMILES string of the molecule is COCc1cc2c(N3CCOC3=O)nsc2cc1OCc1ccccc1.